The molecular weight excluding hydrogens is 350 g/mol. The van der Waals surface area contributed by atoms with Crippen molar-refractivity contribution in [3.05, 3.63) is 65.2 Å². The maximum atomic E-state index is 13.4. The highest BCUT2D eigenvalue weighted by Crippen LogP contribution is 2.13. The molecule has 0 aliphatic carbocycles. The summed E-state index contributed by atoms with van der Waals surface area (Å²) in [5, 5.41) is 2.51. The fourth-order valence-electron chi connectivity index (χ4n) is 2.13. The van der Waals surface area contributed by atoms with Crippen LogP contribution >= 0.6 is 0 Å². The van der Waals surface area contributed by atoms with Crippen molar-refractivity contribution in [2.45, 2.75) is 18.2 Å². The molecule has 5 nitrogen and oxygen atoms in total. The molecule has 8 heteroatoms. The van der Waals surface area contributed by atoms with Gasteiger partial charge in [0.2, 0.25) is 15.9 Å². The van der Waals surface area contributed by atoms with Gasteiger partial charge in [-0.15, -0.1) is 0 Å². The van der Waals surface area contributed by atoms with Crippen LogP contribution < -0.4 is 10.0 Å². The molecular formula is C17H18F2N2O3S. The maximum absolute atomic E-state index is 13.4. The van der Waals surface area contributed by atoms with Gasteiger partial charge in [0.1, 0.15) is 11.6 Å². The zero-order chi connectivity index (χ0) is 18.4. The van der Waals surface area contributed by atoms with Crippen LogP contribution in [0.1, 0.15) is 11.1 Å². The number of hydrogen-bond acceptors (Lipinski definition) is 3. The molecule has 1 amide bonds. The monoisotopic (exact) mass is 368 g/mol. The van der Waals surface area contributed by atoms with Crippen LogP contribution in [0, 0.1) is 18.6 Å². The summed E-state index contributed by atoms with van der Waals surface area (Å²) in [4.78, 5) is 11.6. The first kappa shape index (κ1) is 19.0. The average Bonchev–Trinajstić information content (AvgIpc) is 2.57. The first-order chi connectivity index (χ1) is 11.8. The molecule has 2 aromatic carbocycles. The SMILES string of the molecule is Cc1cc(S(=O)(=O)NCC(=O)NCCc2ccccc2F)ccc1F. The van der Waals surface area contributed by atoms with E-state index in [1.165, 1.54) is 19.1 Å². The van der Waals surface area contributed by atoms with E-state index in [0.29, 0.717) is 12.0 Å². The van der Waals surface area contributed by atoms with E-state index in [-0.39, 0.29) is 22.8 Å². The molecule has 0 spiro atoms. The lowest BCUT2D eigenvalue weighted by atomic mass is 10.1. The number of aryl methyl sites for hydroxylation is 1. The first-order valence-electron chi connectivity index (χ1n) is 7.55. The molecule has 0 unspecified atom stereocenters. The summed E-state index contributed by atoms with van der Waals surface area (Å²) in [6.45, 7) is 1.16. The van der Waals surface area contributed by atoms with Crippen LogP contribution in [-0.4, -0.2) is 27.4 Å². The fraction of sp³-hybridized carbons (Fsp3) is 0.235. The van der Waals surface area contributed by atoms with E-state index in [2.05, 4.69) is 10.0 Å². The van der Waals surface area contributed by atoms with Gasteiger partial charge < -0.3 is 5.32 Å². The average molecular weight is 368 g/mol. The van der Waals surface area contributed by atoms with Gasteiger partial charge >= 0.3 is 0 Å². The molecule has 0 fully saturated rings. The van der Waals surface area contributed by atoms with Crippen molar-refractivity contribution >= 4 is 15.9 Å². The van der Waals surface area contributed by atoms with E-state index in [9.17, 15) is 22.0 Å². The lowest BCUT2D eigenvalue weighted by Crippen LogP contribution is -2.37. The molecule has 0 saturated heterocycles. The van der Waals surface area contributed by atoms with Gasteiger partial charge in [-0.25, -0.2) is 21.9 Å². The van der Waals surface area contributed by atoms with Crippen LogP contribution in [0.2, 0.25) is 0 Å². The molecule has 0 atom stereocenters. The summed E-state index contributed by atoms with van der Waals surface area (Å²) < 4.78 is 52.9. The second-order valence-corrected chi connectivity index (χ2v) is 7.19. The van der Waals surface area contributed by atoms with Gasteiger partial charge in [-0.2, -0.15) is 0 Å². The molecule has 2 rings (SSSR count). The summed E-state index contributed by atoms with van der Waals surface area (Å²) in [5.74, 6) is -1.41. The Balaban J connectivity index is 1.84. The molecule has 0 heterocycles. The van der Waals surface area contributed by atoms with Crippen LogP contribution in [0.15, 0.2) is 47.4 Å². The van der Waals surface area contributed by atoms with E-state index in [4.69, 9.17) is 0 Å². The van der Waals surface area contributed by atoms with Gasteiger partial charge in [0, 0.05) is 6.54 Å². The van der Waals surface area contributed by atoms with Crippen LogP contribution in [0.4, 0.5) is 8.78 Å². The molecule has 0 aliphatic heterocycles. The second kappa shape index (κ2) is 8.17. The standard InChI is InChI=1S/C17H18F2N2O3S/c1-12-10-14(6-7-15(12)18)25(23,24)21-11-17(22)20-9-8-13-4-2-3-5-16(13)19/h2-7,10,21H,8-9,11H2,1H3,(H,20,22). The van der Waals surface area contributed by atoms with Gasteiger partial charge in [0.15, 0.2) is 0 Å². The molecule has 2 aromatic rings. The number of carbonyl (C=O) groups is 1. The largest absolute Gasteiger partial charge is 0.355 e. The Bertz CT molecular complexity index is 870. The van der Waals surface area contributed by atoms with Crippen molar-refractivity contribution in [2.24, 2.45) is 0 Å². The smallest absolute Gasteiger partial charge is 0.241 e. The zero-order valence-corrected chi connectivity index (χ0v) is 14.4. The second-order valence-electron chi connectivity index (χ2n) is 5.43. The number of amides is 1. The highest BCUT2D eigenvalue weighted by Gasteiger charge is 2.16. The van der Waals surface area contributed by atoms with Crippen LogP contribution in [0.25, 0.3) is 0 Å². The predicted octanol–water partition coefficient (Wildman–Crippen LogP) is 1.91. The lowest BCUT2D eigenvalue weighted by molar-refractivity contribution is -0.119. The van der Waals surface area contributed by atoms with Crippen molar-refractivity contribution in [2.75, 3.05) is 13.1 Å². The highest BCUT2D eigenvalue weighted by atomic mass is 32.2. The maximum Gasteiger partial charge on any atom is 0.241 e. The minimum atomic E-state index is -3.92. The molecule has 134 valence electrons. The Morgan fingerprint density at radius 3 is 2.48 bits per heavy atom. The molecule has 0 bridgehead atoms. The Hall–Kier alpha value is -2.32. The lowest BCUT2D eigenvalue weighted by Gasteiger charge is -2.09. The summed E-state index contributed by atoms with van der Waals surface area (Å²) in [6, 6.07) is 9.58. The number of carbonyl (C=O) groups excluding carboxylic acids is 1. The van der Waals surface area contributed by atoms with Crippen LogP contribution in [0.3, 0.4) is 0 Å². The summed E-state index contributed by atoms with van der Waals surface area (Å²) >= 11 is 0. The van der Waals surface area contributed by atoms with E-state index in [0.717, 1.165) is 12.1 Å². The van der Waals surface area contributed by atoms with Gasteiger partial charge in [0.05, 0.1) is 11.4 Å². The number of halogens is 2. The van der Waals surface area contributed by atoms with E-state index < -0.39 is 28.3 Å². The number of hydrogen-bond donors (Lipinski definition) is 2. The van der Waals surface area contributed by atoms with Crippen molar-refractivity contribution in [3.8, 4) is 0 Å². The topological polar surface area (TPSA) is 75.3 Å². The number of rotatable bonds is 7. The Morgan fingerprint density at radius 1 is 1.08 bits per heavy atom. The number of sulfonamides is 1. The quantitative estimate of drug-likeness (QED) is 0.784. The minimum Gasteiger partial charge on any atom is -0.355 e. The first-order valence-corrected chi connectivity index (χ1v) is 9.04. The molecule has 0 aromatic heterocycles. The summed E-state index contributed by atoms with van der Waals surface area (Å²) in [7, 11) is -3.92. The fourth-order valence-corrected chi connectivity index (χ4v) is 3.20. The van der Waals surface area contributed by atoms with Crippen molar-refractivity contribution in [1.29, 1.82) is 0 Å². The Kier molecular flexibility index (Phi) is 6.22. The number of benzene rings is 2. The van der Waals surface area contributed by atoms with E-state index >= 15 is 0 Å². The van der Waals surface area contributed by atoms with Crippen LogP contribution in [0.5, 0.6) is 0 Å². The van der Waals surface area contributed by atoms with Gasteiger partial charge in [-0.05, 0) is 48.7 Å². The van der Waals surface area contributed by atoms with E-state index in [1.54, 1.807) is 18.2 Å². The third-order valence-corrected chi connectivity index (χ3v) is 4.94. The molecule has 0 saturated carbocycles. The normalized spacial score (nSPS) is 11.3. The summed E-state index contributed by atoms with van der Waals surface area (Å²) in [5.41, 5.74) is 0.655. The van der Waals surface area contributed by atoms with Crippen molar-refractivity contribution < 1.29 is 22.0 Å². The minimum absolute atomic E-state index is 0.120. The van der Waals surface area contributed by atoms with Gasteiger partial charge in [-0.1, -0.05) is 18.2 Å². The van der Waals surface area contributed by atoms with Crippen molar-refractivity contribution in [1.82, 2.24) is 10.0 Å². The molecule has 25 heavy (non-hydrogen) atoms. The summed E-state index contributed by atoms with van der Waals surface area (Å²) in [6.07, 6.45) is 0.294. The molecule has 0 radical (unpaired) electrons. The van der Waals surface area contributed by atoms with Gasteiger partial charge in [0.25, 0.3) is 0 Å². The van der Waals surface area contributed by atoms with E-state index in [1.807, 2.05) is 0 Å². The third-order valence-electron chi connectivity index (χ3n) is 3.54. The Morgan fingerprint density at radius 2 is 1.80 bits per heavy atom. The van der Waals surface area contributed by atoms with Crippen LogP contribution in [-0.2, 0) is 21.2 Å². The number of nitrogens with one attached hydrogen (secondary N) is 2. The predicted molar refractivity (Wildman–Crippen MR) is 89.4 cm³/mol. The zero-order valence-electron chi connectivity index (χ0n) is 13.6. The Labute approximate surface area is 145 Å². The van der Waals surface area contributed by atoms with Crippen molar-refractivity contribution in [3.63, 3.8) is 0 Å². The highest BCUT2D eigenvalue weighted by molar-refractivity contribution is 7.89. The third kappa shape index (κ3) is 5.33. The molecule has 0 aliphatic rings. The van der Waals surface area contributed by atoms with Gasteiger partial charge in [-0.3, -0.25) is 4.79 Å². The molecule has 2 N–H and O–H groups in total.